The summed E-state index contributed by atoms with van der Waals surface area (Å²) in [6.07, 6.45) is 1.34. The zero-order chi connectivity index (χ0) is 18.0. The van der Waals surface area contributed by atoms with Gasteiger partial charge in [-0.25, -0.2) is 4.39 Å². The summed E-state index contributed by atoms with van der Waals surface area (Å²) in [4.78, 5) is 26.8. The maximum absolute atomic E-state index is 13.9. The van der Waals surface area contributed by atoms with Crippen molar-refractivity contribution in [3.63, 3.8) is 0 Å². The van der Waals surface area contributed by atoms with Crippen LogP contribution < -0.4 is 0 Å². The number of nitrogens with zero attached hydrogens (tertiary/aromatic N) is 2. The molecule has 25 heavy (non-hydrogen) atoms. The zero-order valence-electron chi connectivity index (χ0n) is 14.4. The van der Waals surface area contributed by atoms with E-state index >= 15 is 0 Å². The molecule has 1 aliphatic rings. The van der Waals surface area contributed by atoms with Crippen molar-refractivity contribution >= 4 is 11.7 Å². The second kappa shape index (κ2) is 7.17. The smallest absolute Gasteiger partial charge is 0.292 e. The van der Waals surface area contributed by atoms with Gasteiger partial charge >= 0.3 is 0 Å². The number of halogens is 1. The van der Waals surface area contributed by atoms with E-state index in [1.807, 2.05) is 13.8 Å². The van der Waals surface area contributed by atoms with Crippen LogP contribution in [0.4, 0.5) is 4.39 Å². The first-order valence-electron chi connectivity index (χ1n) is 8.52. The van der Waals surface area contributed by atoms with Gasteiger partial charge in [0, 0.05) is 25.1 Å². The lowest BCUT2D eigenvalue weighted by molar-refractivity contribution is 0.0602. The number of hydrogen-bond acceptors (Lipinski definition) is 4. The lowest BCUT2D eigenvalue weighted by Gasteiger charge is -2.31. The summed E-state index contributed by atoms with van der Waals surface area (Å²) in [6.45, 7) is 4.76. The van der Waals surface area contributed by atoms with E-state index in [-0.39, 0.29) is 35.5 Å². The molecule has 0 spiro atoms. The van der Waals surface area contributed by atoms with Crippen LogP contribution in [0.3, 0.4) is 0 Å². The Labute approximate surface area is 145 Å². The molecule has 3 rings (SSSR count). The van der Waals surface area contributed by atoms with Gasteiger partial charge in [0.25, 0.3) is 5.91 Å². The Hall–Kier alpha value is -2.50. The maximum Gasteiger partial charge on any atom is 0.292 e. The lowest BCUT2D eigenvalue weighted by atomic mass is 9.89. The molecule has 1 aromatic carbocycles. The highest BCUT2D eigenvalue weighted by Crippen LogP contribution is 2.24. The van der Waals surface area contributed by atoms with Crippen molar-refractivity contribution in [3.8, 4) is 0 Å². The number of Topliss-reactive ketones (excluding diaryl/α,β-unsaturated/α-hetero) is 1. The molecule has 0 radical (unpaired) electrons. The SMILES string of the molecule is CC(C)c1cc(C(=O)N2CCC[C@@H](C(=O)c3ccccc3F)C2)on1. The molecule has 0 bridgehead atoms. The number of aromatic nitrogens is 1. The van der Waals surface area contributed by atoms with Gasteiger partial charge in [-0.2, -0.15) is 0 Å². The molecule has 0 aliphatic carbocycles. The Morgan fingerprint density at radius 3 is 2.76 bits per heavy atom. The highest BCUT2D eigenvalue weighted by Gasteiger charge is 2.32. The largest absolute Gasteiger partial charge is 0.351 e. The van der Waals surface area contributed by atoms with E-state index in [0.29, 0.717) is 19.4 Å². The average Bonchev–Trinajstić information content (AvgIpc) is 3.11. The highest BCUT2D eigenvalue weighted by atomic mass is 19.1. The Bertz CT molecular complexity index is 784. The summed E-state index contributed by atoms with van der Waals surface area (Å²) in [6, 6.07) is 7.61. The molecule has 132 valence electrons. The third-order valence-electron chi connectivity index (χ3n) is 4.55. The van der Waals surface area contributed by atoms with Gasteiger partial charge in [0.1, 0.15) is 5.82 Å². The van der Waals surface area contributed by atoms with Crippen molar-refractivity contribution in [1.29, 1.82) is 0 Å². The number of ketones is 1. The van der Waals surface area contributed by atoms with Crippen molar-refractivity contribution in [2.75, 3.05) is 13.1 Å². The van der Waals surface area contributed by atoms with Gasteiger partial charge < -0.3 is 9.42 Å². The Kier molecular flexibility index (Phi) is 4.97. The van der Waals surface area contributed by atoms with E-state index in [1.165, 1.54) is 12.1 Å². The zero-order valence-corrected chi connectivity index (χ0v) is 14.4. The second-order valence-corrected chi connectivity index (χ2v) is 6.71. The minimum absolute atomic E-state index is 0.0866. The minimum atomic E-state index is -0.521. The molecule has 0 unspecified atom stereocenters. The Morgan fingerprint density at radius 2 is 2.08 bits per heavy atom. The summed E-state index contributed by atoms with van der Waals surface area (Å²) in [5.41, 5.74) is 0.808. The van der Waals surface area contributed by atoms with Crippen LogP contribution in [0.2, 0.25) is 0 Å². The first-order valence-corrected chi connectivity index (χ1v) is 8.52. The second-order valence-electron chi connectivity index (χ2n) is 6.71. The molecular weight excluding hydrogens is 323 g/mol. The fourth-order valence-corrected chi connectivity index (χ4v) is 3.07. The van der Waals surface area contributed by atoms with Gasteiger partial charge in [0.2, 0.25) is 5.76 Å². The van der Waals surface area contributed by atoms with Gasteiger partial charge in [-0.3, -0.25) is 9.59 Å². The number of carbonyl (C=O) groups is 2. The van der Waals surface area contributed by atoms with Crippen molar-refractivity contribution in [2.24, 2.45) is 5.92 Å². The van der Waals surface area contributed by atoms with Crippen molar-refractivity contribution < 1.29 is 18.5 Å². The van der Waals surface area contributed by atoms with Crippen LogP contribution in [0.25, 0.3) is 0 Å². The third kappa shape index (κ3) is 3.62. The van der Waals surface area contributed by atoms with Crippen LogP contribution in [0.15, 0.2) is 34.9 Å². The van der Waals surface area contributed by atoms with Gasteiger partial charge in [0.05, 0.1) is 11.3 Å². The van der Waals surface area contributed by atoms with Crippen LogP contribution in [0.5, 0.6) is 0 Å². The summed E-state index contributed by atoms with van der Waals surface area (Å²) in [5.74, 6) is -1.10. The summed E-state index contributed by atoms with van der Waals surface area (Å²) < 4.78 is 19.0. The molecular formula is C19H21FN2O3. The van der Waals surface area contributed by atoms with Crippen LogP contribution in [0.1, 0.15) is 59.2 Å². The predicted octanol–water partition coefficient (Wildman–Crippen LogP) is 3.67. The quantitative estimate of drug-likeness (QED) is 0.794. The van der Waals surface area contributed by atoms with Gasteiger partial charge in [-0.1, -0.05) is 31.1 Å². The highest BCUT2D eigenvalue weighted by molar-refractivity contribution is 5.99. The van der Waals surface area contributed by atoms with Gasteiger partial charge in [-0.15, -0.1) is 0 Å². The summed E-state index contributed by atoms with van der Waals surface area (Å²) in [5, 5.41) is 3.91. The van der Waals surface area contributed by atoms with Crippen molar-refractivity contribution in [3.05, 3.63) is 53.2 Å². The lowest BCUT2D eigenvalue weighted by Crippen LogP contribution is -2.42. The number of hydrogen-bond donors (Lipinski definition) is 0. The van der Waals surface area contributed by atoms with Crippen LogP contribution in [0, 0.1) is 11.7 Å². The number of amides is 1. The molecule has 1 atom stereocenters. The van der Waals surface area contributed by atoms with Gasteiger partial charge in [0.15, 0.2) is 5.78 Å². The Morgan fingerprint density at radius 1 is 1.32 bits per heavy atom. The maximum atomic E-state index is 13.9. The number of piperidine rings is 1. The van der Waals surface area contributed by atoms with Crippen molar-refractivity contribution in [1.82, 2.24) is 10.1 Å². The molecule has 1 aromatic heterocycles. The summed E-state index contributed by atoms with van der Waals surface area (Å²) >= 11 is 0. The number of likely N-dealkylation sites (tertiary alicyclic amines) is 1. The first-order chi connectivity index (χ1) is 12.0. The molecule has 5 nitrogen and oxygen atoms in total. The molecule has 6 heteroatoms. The molecule has 1 fully saturated rings. The summed E-state index contributed by atoms with van der Waals surface area (Å²) in [7, 11) is 0. The topological polar surface area (TPSA) is 63.4 Å². The number of benzene rings is 1. The van der Waals surface area contributed by atoms with E-state index in [2.05, 4.69) is 5.16 Å². The molecule has 2 aromatic rings. The molecule has 0 N–H and O–H groups in total. The van der Waals surface area contributed by atoms with E-state index in [4.69, 9.17) is 4.52 Å². The first kappa shape index (κ1) is 17.3. The Balaban J connectivity index is 1.73. The standard InChI is InChI=1S/C19H21FN2O3/c1-12(2)16-10-17(25-21-16)19(24)22-9-5-6-13(11-22)18(23)14-7-3-4-8-15(14)20/h3-4,7-8,10,12-13H,5-6,9,11H2,1-2H3/t13-/m1/s1. The predicted molar refractivity (Wildman–Crippen MR) is 90.0 cm³/mol. The van der Waals surface area contributed by atoms with Gasteiger partial charge in [-0.05, 0) is 30.9 Å². The normalized spacial score (nSPS) is 17.8. The molecule has 1 saturated heterocycles. The van der Waals surface area contributed by atoms with Crippen molar-refractivity contribution in [2.45, 2.75) is 32.6 Å². The molecule has 0 saturated carbocycles. The minimum Gasteiger partial charge on any atom is -0.351 e. The number of rotatable bonds is 4. The molecule has 1 aliphatic heterocycles. The van der Waals surface area contributed by atoms with E-state index in [9.17, 15) is 14.0 Å². The fourth-order valence-electron chi connectivity index (χ4n) is 3.07. The average molecular weight is 344 g/mol. The number of carbonyl (C=O) groups excluding carboxylic acids is 2. The van der Waals surface area contributed by atoms with Crippen LogP contribution >= 0.6 is 0 Å². The molecule has 1 amide bonds. The third-order valence-corrected chi connectivity index (χ3v) is 4.55. The van der Waals surface area contributed by atoms with E-state index in [1.54, 1.807) is 23.1 Å². The monoisotopic (exact) mass is 344 g/mol. The van der Waals surface area contributed by atoms with E-state index < -0.39 is 11.7 Å². The van der Waals surface area contributed by atoms with Crippen LogP contribution in [-0.4, -0.2) is 34.8 Å². The van der Waals surface area contributed by atoms with Crippen LogP contribution in [-0.2, 0) is 0 Å². The fraction of sp³-hybridized carbons (Fsp3) is 0.421. The van der Waals surface area contributed by atoms with E-state index in [0.717, 1.165) is 5.69 Å². The molecule has 2 heterocycles.